The van der Waals surface area contributed by atoms with Gasteiger partial charge in [0.1, 0.15) is 22.4 Å². The lowest BCUT2D eigenvalue weighted by Gasteiger charge is -2.07. The highest BCUT2D eigenvalue weighted by Gasteiger charge is 2.11. The maximum atomic E-state index is 9.37. The van der Waals surface area contributed by atoms with E-state index in [1.54, 1.807) is 31.6 Å². The first-order valence-electron chi connectivity index (χ1n) is 7.02. The van der Waals surface area contributed by atoms with E-state index in [0.29, 0.717) is 33.5 Å². The molecule has 4 aromatic rings. The van der Waals surface area contributed by atoms with Crippen molar-refractivity contribution >= 4 is 16.5 Å². The van der Waals surface area contributed by atoms with Crippen LogP contribution in [-0.4, -0.2) is 21.7 Å². The topological polar surface area (TPSA) is 72.3 Å². The second kappa shape index (κ2) is 5.17. The molecule has 0 radical (unpaired) electrons. The maximum Gasteiger partial charge on any atom is 0.155 e. The molecule has 0 fully saturated rings. The minimum absolute atomic E-state index is 0.371. The van der Waals surface area contributed by atoms with E-state index in [1.165, 1.54) is 0 Å². The van der Waals surface area contributed by atoms with Crippen molar-refractivity contribution in [1.29, 1.82) is 0 Å². The van der Waals surface area contributed by atoms with Gasteiger partial charge in [0, 0.05) is 17.8 Å². The summed E-state index contributed by atoms with van der Waals surface area (Å²) in [4.78, 5) is 4.39. The predicted octanol–water partition coefficient (Wildman–Crippen LogP) is 3.05. The SMILES string of the molecule is COc1cccc2oc(-c3cc4cccn4cn3)cc(=NO)c12. The standard InChI is InChI=1S/C17H13N3O3/c1-22-14-5-2-6-15-17(14)13(19-21)9-16(23-15)12-8-11-4-3-7-20(11)10-18-12/h2-10,21H,1H3. The van der Waals surface area contributed by atoms with E-state index in [2.05, 4.69) is 10.1 Å². The molecule has 0 atom stereocenters. The summed E-state index contributed by atoms with van der Waals surface area (Å²) >= 11 is 0. The molecule has 3 heterocycles. The minimum Gasteiger partial charge on any atom is -0.496 e. The molecule has 114 valence electrons. The van der Waals surface area contributed by atoms with Crippen LogP contribution in [0.4, 0.5) is 0 Å². The van der Waals surface area contributed by atoms with Crippen molar-refractivity contribution in [3.8, 4) is 17.2 Å². The zero-order valence-electron chi connectivity index (χ0n) is 12.3. The summed E-state index contributed by atoms with van der Waals surface area (Å²) < 4.78 is 13.2. The molecule has 0 spiro atoms. The molecule has 0 aliphatic heterocycles. The summed E-state index contributed by atoms with van der Waals surface area (Å²) in [6.45, 7) is 0. The summed E-state index contributed by atoms with van der Waals surface area (Å²) in [5.74, 6) is 1.10. The van der Waals surface area contributed by atoms with Gasteiger partial charge in [-0.15, -0.1) is 0 Å². The highest BCUT2D eigenvalue weighted by atomic mass is 16.5. The van der Waals surface area contributed by atoms with Crippen LogP contribution in [0.2, 0.25) is 0 Å². The summed E-state index contributed by atoms with van der Waals surface area (Å²) in [5, 5.41) is 13.7. The van der Waals surface area contributed by atoms with Gasteiger partial charge in [-0.25, -0.2) is 4.98 Å². The highest BCUT2D eigenvalue weighted by molar-refractivity contribution is 5.84. The van der Waals surface area contributed by atoms with Crippen LogP contribution in [0.25, 0.3) is 27.9 Å². The predicted molar refractivity (Wildman–Crippen MR) is 84.3 cm³/mol. The Bertz CT molecular complexity index is 1080. The largest absolute Gasteiger partial charge is 0.496 e. The first-order valence-corrected chi connectivity index (χ1v) is 7.02. The molecule has 0 amide bonds. The number of ether oxygens (including phenoxy) is 1. The normalized spacial score (nSPS) is 12.1. The maximum absolute atomic E-state index is 9.37. The molecule has 3 aromatic heterocycles. The third-order valence-electron chi connectivity index (χ3n) is 3.73. The average Bonchev–Trinajstić information content (AvgIpc) is 3.07. The molecule has 23 heavy (non-hydrogen) atoms. The Morgan fingerprint density at radius 1 is 1.22 bits per heavy atom. The Balaban J connectivity index is 2.01. The smallest absolute Gasteiger partial charge is 0.155 e. The second-order valence-electron chi connectivity index (χ2n) is 5.04. The summed E-state index contributed by atoms with van der Waals surface area (Å²) in [7, 11) is 1.56. The number of nitrogens with zero attached hydrogens (tertiary/aromatic N) is 3. The second-order valence-corrected chi connectivity index (χ2v) is 5.04. The van der Waals surface area contributed by atoms with Crippen LogP contribution in [0.15, 0.2) is 64.6 Å². The Labute approximate surface area is 130 Å². The number of methoxy groups -OCH3 is 1. The lowest BCUT2D eigenvalue weighted by atomic mass is 10.1. The molecule has 4 rings (SSSR count). The fourth-order valence-electron chi connectivity index (χ4n) is 2.64. The minimum atomic E-state index is 0.371. The van der Waals surface area contributed by atoms with Gasteiger partial charge in [-0.1, -0.05) is 11.2 Å². The van der Waals surface area contributed by atoms with Crippen LogP contribution in [-0.2, 0) is 0 Å². The fraction of sp³-hybridized carbons (Fsp3) is 0.0588. The van der Waals surface area contributed by atoms with Crippen molar-refractivity contribution in [2.45, 2.75) is 0 Å². The summed E-state index contributed by atoms with van der Waals surface area (Å²) in [6, 6.07) is 12.9. The number of hydrogen-bond acceptors (Lipinski definition) is 5. The quantitative estimate of drug-likeness (QED) is 0.456. The number of fused-ring (bicyclic) bond motifs is 2. The van der Waals surface area contributed by atoms with Gasteiger partial charge in [0.05, 0.1) is 18.8 Å². The molecule has 0 saturated heterocycles. The van der Waals surface area contributed by atoms with Crippen molar-refractivity contribution in [2.24, 2.45) is 5.16 Å². The Morgan fingerprint density at radius 3 is 2.96 bits per heavy atom. The van der Waals surface area contributed by atoms with Gasteiger partial charge in [0.2, 0.25) is 0 Å². The molecular weight excluding hydrogens is 294 g/mol. The van der Waals surface area contributed by atoms with Crippen LogP contribution >= 0.6 is 0 Å². The van der Waals surface area contributed by atoms with Gasteiger partial charge < -0.3 is 18.8 Å². The molecular formula is C17H13N3O3. The molecule has 6 nitrogen and oxygen atoms in total. The molecule has 1 aromatic carbocycles. The lowest BCUT2D eigenvalue weighted by Crippen LogP contribution is -2.05. The zero-order chi connectivity index (χ0) is 15.8. The molecule has 0 unspecified atom stereocenters. The van der Waals surface area contributed by atoms with Gasteiger partial charge in [0.15, 0.2) is 5.76 Å². The lowest BCUT2D eigenvalue weighted by molar-refractivity contribution is 0.302. The van der Waals surface area contributed by atoms with Gasteiger partial charge in [-0.3, -0.25) is 0 Å². The summed E-state index contributed by atoms with van der Waals surface area (Å²) in [5.41, 5.74) is 2.22. The zero-order valence-corrected chi connectivity index (χ0v) is 12.3. The molecule has 0 bridgehead atoms. The Morgan fingerprint density at radius 2 is 2.13 bits per heavy atom. The van der Waals surface area contributed by atoms with Crippen molar-refractivity contribution < 1.29 is 14.4 Å². The van der Waals surface area contributed by atoms with Crippen LogP contribution in [0.1, 0.15) is 0 Å². The number of benzene rings is 1. The van der Waals surface area contributed by atoms with E-state index in [0.717, 1.165) is 5.52 Å². The van der Waals surface area contributed by atoms with Gasteiger partial charge in [-0.2, -0.15) is 0 Å². The van der Waals surface area contributed by atoms with E-state index in [-0.39, 0.29) is 0 Å². The Kier molecular flexibility index (Phi) is 3.01. The van der Waals surface area contributed by atoms with Crippen LogP contribution < -0.4 is 10.1 Å². The van der Waals surface area contributed by atoms with E-state index in [4.69, 9.17) is 9.15 Å². The molecule has 0 aliphatic carbocycles. The monoisotopic (exact) mass is 307 g/mol. The number of hydrogen-bond donors (Lipinski definition) is 1. The fourth-order valence-corrected chi connectivity index (χ4v) is 2.64. The van der Waals surface area contributed by atoms with Gasteiger partial charge in [0.25, 0.3) is 0 Å². The number of aromatic nitrogens is 2. The molecule has 0 saturated carbocycles. The molecule has 1 N–H and O–H groups in total. The molecule has 6 heteroatoms. The van der Waals surface area contributed by atoms with Crippen molar-refractivity contribution in [2.75, 3.05) is 7.11 Å². The van der Waals surface area contributed by atoms with Crippen molar-refractivity contribution in [3.05, 3.63) is 60.3 Å². The highest BCUT2D eigenvalue weighted by Crippen LogP contribution is 2.26. The van der Waals surface area contributed by atoms with Crippen molar-refractivity contribution in [3.63, 3.8) is 0 Å². The van der Waals surface area contributed by atoms with Crippen molar-refractivity contribution in [1.82, 2.24) is 9.38 Å². The number of rotatable bonds is 2. The van der Waals surface area contributed by atoms with E-state index in [9.17, 15) is 5.21 Å². The van der Waals surface area contributed by atoms with E-state index >= 15 is 0 Å². The van der Waals surface area contributed by atoms with Gasteiger partial charge >= 0.3 is 0 Å². The third-order valence-corrected chi connectivity index (χ3v) is 3.73. The van der Waals surface area contributed by atoms with E-state index in [1.807, 2.05) is 34.9 Å². The Hall–Kier alpha value is -3.28. The average molecular weight is 307 g/mol. The first-order chi connectivity index (χ1) is 11.3. The van der Waals surface area contributed by atoms with Crippen LogP contribution in [0.3, 0.4) is 0 Å². The van der Waals surface area contributed by atoms with Gasteiger partial charge in [-0.05, 0) is 30.3 Å². The van der Waals surface area contributed by atoms with Crippen LogP contribution in [0.5, 0.6) is 5.75 Å². The third kappa shape index (κ3) is 2.12. The van der Waals surface area contributed by atoms with Crippen LogP contribution in [0, 0.1) is 0 Å². The van der Waals surface area contributed by atoms with E-state index < -0.39 is 0 Å². The molecule has 0 aliphatic rings. The summed E-state index contributed by atoms with van der Waals surface area (Å²) in [6.07, 6.45) is 3.63. The first kappa shape index (κ1) is 13.4.